The molecule has 20 heavy (non-hydrogen) atoms. The molecule has 0 spiro atoms. The topological polar surface area (TPSA) is 32.5 Å². The van der Waals surface area contributed by atoms with Crippen LogP contribution in [0.1, 0.15) is 19.8 Å². The summed E-state index contributed by atoms with van der Waals surface area (Å²) in [5.41, 5.74) is 7.68. The number of nitrogens with two attached hydrogens (primary N) is 1. The van der Waals surface area contributed by atoms with Crippen LogP contribution < -0.4 is 10.6 Å². The Morgan fingerprint density at radius 3 is 2.55 bits per heavy atom. The van der Waals surface area contributed by atoms with E-state index in [2.05, 4.69) is 28.9 Å². The van der Waals surface area contributed by atoms with Crippen molar-refractivity contribution in [3.8, 4) is 0 Å². The Hall–Kier alpha value is -0.770. The average Bonchev–Trinajstić information content (AvgIpc) is 3.24. The van der Waals surface area contributed by atoms with Crippen LogP contribution in [0, 0.1) is 5.92 Å². The second kappa shape index (κ2) is 5.55. The molecule has 1 heterocycles. The Morgan fingerprint density at radius 1 is 1.25 bits per heavy atom. The number of benzene rings is 1. The van der Waals surface area contributed by atoms with Crippen LogP contribution in [-0.2, 0) is 0 Å². The molecule has 1 saturated heterocycles. The molecule has 4 heteroatoms. The molecule has 2 N–H and O–H groups in total. The van der Waals surface area contributed by atoms with Crippen LogP contribution in [0.3, 0.4) is 0 Å². The van der Waals surface area contributed by atoms with E-state index in [0.29, 0.717) is 0 Å². The van der Waals surface area contributed by atoms with Crippen LogP contribution in [0.2, 0.25) is 5.02 Å². The molecule has 1 atom stereocenters. The van der Waals surface area contributed by atoms with E-state index in [1.165, 1.54) is 18.5 Å². The second-order valence-electron chi connectivity index (χ2n) is 6.52. The number of nitrogens with zero attached hydrogens (tertiary/aromatic N) is 2. The number of hydrogen-bond donors (Lipinski definition) is 1. The maximum Gasteiger partial charge on any atom is 0.0426 e. The molecule has 3 rings (SSSR count). The minimum absolute atomic E-state index is 0.00176. The summed E-state index contributed by atoms with van der Waals surface area (Å²) in [6, 6.07) is 8.14. The summed E-state index contributed by atoms with van der Waals surface area (Å²) in [5.74, 6) is 0.744. The lowest BCUT2D eigenvalue weighted by Gasteiger charge is -2.40. The molecule has 2 fully saturated rings. The summed E-state index contributed by atoms with van der Waals surface area (Å²) >= 11 is 6.07. The van der Waals surface area contributed by atoms with Gasteiger partial charge in [0.1, 0.15) is 0 Å². The van der Waals surface area contributed by atoms with Gasteiger partial charge in [0.25, 0.3) is 0 Å². The lowest BCUT2D eigenvalue weighted by molar-refractivity contribution is 0.193. The summed E-state index contributed by atoms with van der Waals surface area (Å²) in [7, 11) is 0. The third-order valence-electron chi connectivity index (χ3n) is 4.62. The molecule has 3 nitrogen and oxygen atoms in total. The van der Waals surface area contributed by atoms with E-state index in [1.807, 2.05) is 12.1 Å². The molecule has 1 aliphatic heterocycles. The summed E-state index contributed by atoms with van der Waals surface area (Å²) in [6.45, 7) is 7.54. The molecule has 0 bridgehead atoms. The first kappa shape index (κ1) is 14.2. The molecule has 1 saturated carbocycles. The number of hydrogen-bond acceptors (Lipinski definition) is 3. The summed E-state index contributed by atoms with van der Waals surface area (Å²) in [4.78, 5) is 4.92. The highest BCUT2D eigenvalue weighted by molar-refractivity contribution is 6.30. The van der Waals surface area contributed by atoms with Crippen LogP contribution in [0.25, 0.3) is 0 Å². The maximum absolute atomic E-state index is 6.45. The molecular weight excluding hydrogens is 270 g/mol. The molecule has 0 amide bonds. The van der Waals surface area contributed by atoms with Gasteiger partial charge in [-0.3, -0.25) is 4.90 Å². The monoisotopic (exact) mass is 293 g/mol. The van der Waals surface area contributed by atoms with E-state index < -0.39 is 0 Å². The van der Waals surface area contributed by atoms with Crippen molar-refractivity contribution in [3.05, 3.63) is 29.3 Å². The zero-order valence-electron chi connectivity index (χ0n) is 12.2. The summed E-state index contributed by atoms with van der Waals surface area (Å²) in [6.07, 6.45) is 2.63. The Bertz CT molecular complexity index is 463. The zero-order chi connectivity index (χ0) is 14.2. The highest BCUT2D eigenvalue weighted by Gasteiger charge is 2.39. The highest BCUT2D eigenvalue weighted by Crippen LogP contribution is 2.38. The first-order valence-corrected chi connectivity index (χ1v) is 7.94. The van der Waals surface area contributed by atoms with Crippen molar-refractivity contribution in [2.45, 2.75) is 25.3 Å². The number of anilines is 1. The van der Waals surface area contributed by atoms with Gasteiger partial charge in [-0.15, -0.1) is 0 Å². The van der Waals surface area contributed by atoms with Crippen molar-refractivity contribution in [2.75, 3.05) is 37.6 Å². The predicted molar refractivity (Wildman–Crippen MR) is 85.4 cm³/mol. The first-order valence-electron chi connectivity index (χ1n) is 7.56. The van der Waals surface area contributed by atoms with Crippen LogP contribution in [0.15, 0.2) is 24.3 Å². The standard InChI is InChI=1S/C16H24ClN3/c1-16(18,13-5-6-13)12-19-7-9-20(10-8-19)15-4-2-3-14(17)11-15/h2-4,11,13H,5-10,12,18H2,1H3. The van der Waals surface area contributed by atoms with Crippen molar-refractivity contribution in [3.63, 3.8) is 0 Å². The van der Waals surface area contributed by atoms with Crippen LogP contribution in [0.4, 0.5) is 5.69 Å². The molecule has 0 aromatic heterocycles. The lowest BCUT2D eigenvalue weighted by atomic mass is 9.96. The Kier molecular flexibility index (Phi) is 3.93. The third-order valence-corrected chi connectivity index (χ3v) is 4.86. The Labute approximate surface area is 126 Å². The van der Waals surface area contributed by atoms with E-state index in [4.69, 9.17) is 17.3 Å². The molecule has 110 valence electrons. The van der Waals surface area contributed by atoms with E-state index in [9.17, 15) is 0 Å². The van der Waals surface area contributed by atoms with Gasteiger partial charge in [-0.1, -0.05) is 17.7 Å². The Morgan fingerprint density at radius 2 is 1.95 bits per heavy atom. The number of rotatable bonds is 4. The molecule has 1 aromatic rings. The van der Waals surface area contributed by atoms with Gasteiger partial charge in [0.2, 0.25) is 0 Å². The van der Waals surface area contributed by atoms with E-state index >= 15 is 0 Å². The van der Waals surface area contributed by atoms with Gasteiger partial charge < -0.3 is 10.6 Å². The quantitative estimate of drug-likeness (QED) is 0.926. The normalized spacial score (nSPS) is 23.6. The van der Waals surface area contributed by atoms with Gasteiger partial charge >= 0.3 is 0 Å². The van der Waals surface area contributed by atoms with Crippen molar-refractivity contribution in [1.29, 1.82) is 0 Å². The van der Waals surface area contributed by atoms with E-state index in [0.717, 1.165) is 43.7 Å². The van der Waals surface area contributed by atoms with E-state index in [-0.39, 0.29) is 5.54 Å². The van der Waals surface area contributed by atoms with Crippen molar-refractivity contribution in [2.24, 2.45) is 11.7 Å². The van der Waals surface area contributed by atoms with Gasteiger partial charge in [-0.05, 0) is 43.9 Å². The van der Waals surface area contributed by atoms with Crippen molar-refractivity contribution in [1.82, 2.24) is 4.90 Å². The maximum atomic E-state index is 6.45. The number of halogens is 1. The highest BCUT2D eigenvalue weighted by atomic mass is 35.5. The second-order valence-corrected chi connectivity index (χ2v) is 6.96. The molecule has 1 aromatic carbocycles. The van der Waals surface area contributed by atoms with Crippen LogP contribution in [-0.4, -0.2) is 43.2 Å². The third kappa shape index (κ3) is 3.27. The minimum Gasteiger partial charge on any atom is -0.369 e. The molecular formula is C16H24ClN3. The Balaban J connectivity index is 1.54. The fraction of sp³-hybridized carbons (Fsp3) is 0.625. The molecule has 0 radical (unpaired) electrons. The van der Waals surface area contributed by atoms with Gasteiger partial charge in [0, 0.05) is 49.0 Å². The zero-order valence-corrected chi connectivity index (χ0v) is 12.9. The smallest absolute Gasteiger partial charge is 0.0426 e. The van der Waals surface area contributed by atoms with Crippen LogP contribution in [0.5, 0.6) is 0 Å². The SMILES string of the molecule is CC(N)(CN1CCN(c2cccc(Cl)c2)CC1)C1CC1. The van der Waals surface area contributed by atoms with Crippen LogP contribution >= 0.6 is 11.6 Å². The fourth-order valence-corrected chi connectivity index (χ4v) is 3.38. The lowest BCUT2D eigenvalue weighted by Crippen LogP contribution is -2.55. The number of piperazine rings is 1. The van der Waals surface area contributed by atoms with Crippen molar-refractivity contribution >= 4 is 17.3 Å². The van der Waals surface area contributed by atoms with Gasteiger partial charge in [0.15, 0.2) is 0 Å². The van der Waals surface area contributed by atoms with E-state index in [1.54, 1.807) is 0 Å². The molecule has 1 aliphatic carbocycles. The molecule has 1 unspecified atom stereocenters. The first-order chi connectivity index (χ1) is 9.54. The van der Waals surface area contributed by atoms with Gasteiger partial charge in [-0.25, -0.2) is 0 Å². The van der Waals surface area contributed by atoms with Gasteiger partial charge in [0.05, 0.1) is 0 Å². The fourth-order valence-electron chi connectivity index (χ4n) is 3.19. The van der Waals surface area contributed by atoms with Gasteiger partial charge in [-0.2, -0.15) is 0 Å². The predicted octanol–water partition coefficient (Wildman–Crippen LogP) is 2.59. The molecule has 2 aliphatic rings. The summed E-state index contributed by atoms with van der Waals surface area (Å²) in [5, 5.41) is 0.813. The summed E-state index contributed by atoms with van der Waals surface area (Å²) < 4.78 is 0. The minimum atomic E-state index is -0.00176. The average molecular weight is 294 g/mol. The van der Waals surface area contributed by atoms with Crippen molar-refractivity contribution < 1.29 is 0 Å². The largest absolute Gasteiger partial charge is 0.369 e.